The van der Waals surface area contributed by atoms with Crippen LogP contribution in [0.5, 0.6) is 0 Å². The van der Waals surface area contributed by atoms with Gasteiger partial charge in [0.1, 0.15) is 18.7 Å². The molecule has 2 aliphatic carbocycles. The van der Waals surface area contributed by atoms with E-state index in [4.69, 9.17) is 4.74 Å². The summed E-state index contributed by atoms with van der Waals surface area (Å²) in [4.78, 5) is 37.1. The van der Waals surface area contributed by atoms with Crippen molar-refractivity contribution in [1.82, 2.24) is 10.6 Å². The average molecular weight is 483 g/mol. The summed E-state index contributed by atoms with van der Waals surface area (Å²) in [5.41, 5.74) is 4.49. The molecule has 0 spiro atoms. The Morgan fingerprint density at radius 2 is 1.62 bits per heavy atom. The number of ether oxygens (including phenoxy) is 1. The van der Waals surface area contributed by atoms with Crippen molar-refractivity contribution in [2.75, 3.05) is 18.6 Å². The number of hydrogen-bond donors (Lipinski definition) is 3. The van der Waals surface area contributed by atoms with E-state index < -0.39 is 30.1 Å². The van der Waals surface area contributed by atoms with Crippen LogP contribution in [0.25, 0.3) is 11.1 Å². The largest absolute Gasteiger partial charge is 0.480 e. The van der Waals surface area contributed by atoms with E-state index in [-0.39, 0.29) is 12.5 Å². The molecule has 2 amide bonds. The van der Waals surface area contributed by atoms with Gasteiger partial charge in [-0.15, -0.1) is 0 Å². The Bertz CT molecular complexity index is 1010. The first kappa shape index (κ1) is 24.1. The maximum Gasteiger partial charge on any atom is 0.407 e. The van der Waals surface area contributed by atoms with Crippen LogP contribution in [-0.2, 0) is 14.3 Å². The monoisotopic (exact) mass is 482 g/mol. The highest BCUT2D eigenvalue weighted by Crippen LogP contribution is 2.44. The van der Waals surface area contributed by atoms with E-state index >= 15 is 0 Å². The van der Waals surface area contributed by atoms with Gasteiger partial charge in [0.15, 0.2) is 0 Å². The van der Waals surface area contributed by atoms with Crippen molar-refractivity contribution in [2.45, 2.75) is 43.7 Å². The number of fused-ring (bicyclic) bond motifs is 3. The van der Waals surface area contributed by atoms with Crippen LogP contribution < -0.4 is 10.6 Å². The zero-order chi connectivity index (χ0) is 24.1. The van der Waals surface area contributed by atoms with E-state index in [0.717, 1.165) is 35.1 Å². The van der Waals surface area contributed by atoms with Crippen molar-refractivity contribution in [3.05, 3.63) is 59.7 Å². The highest BCUT2D eigenvalue weighted by atomic mass is 32.2. The Morgan fingerprint density at radius 3 is 2.18 bits per heavy atom. The molecule has 0 saturated heterocycles. The topological polar surface area (TPSA) is 105 Å². The number of thioether (sulfide) groups is 1. The summed E-state index contributed by atoms with van der Waals surface area (Å²) in [5.74, 6) is -0.629. The normalized spacial score (nSPS) is 16.1. The second kappa shape index (κ2) is 11.0. The van der Waals surface area contributed by atoms with Gasteiger partial charge in [-0.2, -0.15) is 11.8 Å². The van der Waals surface area contributed by atoms with Crippen molar-refractivity contribution >= 4 is 29.7 Å². The lowest BCUT2D eigenvalue weighted by molar-refractivity contribution is -0.142. The van der Waals surface area contributed by atoms with Gasteiger partial charge in [-0.25, -0.2) is 9.59 Å². The van der Waals surface area contributed by atoms with Gasteiger partial charge >= 0.3 is 12.1 Å². The standard InChI is InChI=1S/C26H30N2O5S/c1-34-13-12-22(24(29)27-23(25(30)31)14-16-10-11-16)28-26(32)33-15-21-19-8-4-2-6-17(19)18-7-3-5-9-20(18)21/h2-9,16,21-23H,10-15H2,1H3,(H,27,29)(H,28,32)(H,30,31)/t22-,23?/m0/s1. The molecule has 1 unspecified atom stereocenters. The number of rotatable bonds is 11. The van der Waals surface area contributed by atoms with Crippen LogP contribution in [0.4, 0.5) is 4.79 Å². The van der Waals surface area contributed by atoms with Crippen molar-refractivity contribution in [2.24, 2.45) is 5.92 Å². The molecule has 2 atom stereocenters. The molecule has 1 saturated carbocycles. The molecule has 4 rings (SSSR count). The number of hydrogen-bond acceptors (Lipinski definition) is 5. The number of aliphatic carboxylic acids is 1. The van der Waals surface area contributed by atoms with Crippen LogP contribution >= 0.6 is 11.8 Å². The Hall–Kier alpha value is -3.00. The van der Waals surface area contributed by atoms with Crippen molar-refractivity contribution in [3.8, 4) is 11.1 Å². The van der Waals surface area contributed by atoms with Crippen molar-refractivity contribution in [1.29, 1.82) is 0 Å². The van der Waals surface area contributed by atoms with Gasteiger partial charge in [0.05, 0.1) is 0 Å². The van der Waals surface area contributed by atoms with Gasteiger partial charge in [-0.3, -0.25) is 4.79 Å². The van der Waals surface area contributed by atoms with Gasteiger partial charge in [-0.1, -0.05) is 61.4 Å². The fraction of sp³-hybridized carbons (Fsp3) is 0.423. The quantitative estimate of drug-likeness (QED) is 0.447. The van der Waals surface area contributed by atoms with E-state index in [9.17, 15) is 19.5 Å². The van der Waals surface area contributed by atoms with Crippen molar-refractivity contribution < 1.29 is 24.2 Å². The van der Waals surface area contributed by atoms with Crippen LogP contribution in [0, 0.1) is 5.92 Å². The summed E-state index contributed by atoms with van der Waals surface area (Å²) >= 11 is 1.55. The Labute approximate surface area is 203 Å². The van der Waals surface area contributed by atoms with E-state index in [1.807, 2.05) is 42.7 Å². The van der Waals surface area contributed by atoms with Crippen LogP contribution in [-0.4, -0.2) is 53.8 Å². The third-order valence-electron chi connectivity index (χ3n) is 6.44. The lowest BCUT2D eigenvalue weighted by atomic mass is 9.98. The van der Waals surface area contributed by atoms with Crippen LogP contribution in [0.1, 0.15) is 42.7 Å². The fourth-order valence-electron chi connectivity index (χ4n) is 4.47. The summed E-state index contributed by atoms with van der Waals surface area (Å²) in [5, 5.41) is 14.7. The van der Waals surface area contributed by atoms with Crippen LogP contribution in [0.3, 0.4) is 0 Å². The van der Waals surface area contributed by atoms with E-state index in [0.29, 0.717) is 24.5 Å². The van der Waals surface area contributed by atoms with Gasteiger partial charge in [0, 0.05) is 5.92 Å². The molecular formula is C26H30N2O5S. The minimum absolute atomic E-state index is 0.0773. The minimum Gasteiger partial charge on any atom is -0.480 e. The van der Waals surface area contributed by atoms with Gasteiger partial charge in [0.2, 0.25) is 5.91 Å². The third kappa shape index (κ3) is 5.73. The maximum atomic E-state index is 12.8. The number of alkyl carbamates (subject to hydrolysis) is 1. The average Bonchev–Trinajstić information content (AvgIpc) is 3.60. The number of benzene rings is 2. The van der Waals surface area contributed by atoms with E-state index in [2.05, 4.69) is 22.8 Å². The number of carboxylic acid groups (broad SMARTS) is 1. The molecule has 34 heavy (non-hydrogen) atoms. The molecule has 2 aromatic rings. The van der Waals surface area contributed by atoms with Crippen LogP contribution in [0.15, 0.2) is 48.5 Å². The highest BCUT2D eigenvalue weighted by Gasteiger charge is 2.33. The highest BCUT2D eigenvalue weighted by molar-refractivity contribution is 7.98. The number of carboxylic acids is 1. The lowest BCUT2D eigenvalue weighted by Gasteiger charge is -2.22. The van der Waals surface area contributed by atoms with Gasteiger partial charge < -0.3 is 20.5 Å². The first-order valence-electron chi connectivity index (χ1n) is 11.6. The molecule has 0 heterocycles. The molecule has 1 fully saturated rings. The molecule has 7 nitrogen and oxygen atoms in total. The summed E-state index contributed by atoms with van der Waals surface area (Å²) in [7, 11) is 0. The molecule has 0 aromatic heterocycles. The number of carbonyl (C=O) groups excluding carboxylic acids is 2. The van der Waals surface area contributed by atoms with Gasteiger partial charge in [-0.05, 0) is 53.0 Å². The molecule has 0 aliphatic heterocycles. The maximum absolute atomic E-state index is 12.8. The molecule has 2 aromatic carbocycles. The molecule has 0 bridgehead atoms. The molecule has 3 N–H and O–H groups in total. The van der Waals surface area contributed by atoms with E-state index in [1.54, 1.807) is 11.8 Å². The molecule has 2 aliphatic rings. The summed E-state index contributed by atoms with van der Waals surface area (Å²) in [6.45, 7) is 0.149. The molecular weight excluding hydrogens is 452 g/mol. The Kier molecular flexibility index (Phi) is 7.77. The summed E-state index contributed by atoms with van der Waals surface area (Å²) in [6, 6.07) is 14.4. The fourth-order valence-corrected chi connectivity index (χ4v) is 4.94. The third-order valence-corrected chi connectivity index (χ3v) is 7.09. The Balaban J connectivity index is 1.38. The molecule has 8 heteroatoms. The van der Waals surface area contributed by atoms with E-state index in [1.165, 1.54) is 0 Å². The first-order valence-corrected chi connectivity index (χ1v) is 13.0. The zero-order valence-corrected chi connectivity index (χ0v) is 20.0. The SMILES string of the molecule is CSCC[C@H](NC(=O)OCC1c2ccccc2-c2ccccc21)C(=O)NC(CC1CC1)C(=O)O. The predicted molar refractivity (Wildman–Crippen MR) is 132 cm³/mol. The second-order valence-corrected chi connectivity index (χ2v) is 9.87. The lowest BCUT2D eigenvalue weighted by Crippen LogP contribution is -2.52. The van der Waals surface area contributed by atoms with Gasteiger partial charge in [0.25, 0.3) is 0 Å². The second-order valence-electron chi connectivity index (χ2n) is 8.88. The van der Waals surface area contributed by atoms with Crippen molar-refractivity contribution in [3.63, 3.8) is 0 Å². The number of nitrogens with one attached hydrogen (secondary N) is 2. The molecule has 180 valence electrons. The first-order chi connectivity index (χ1) is 16.5. The zero-order valence-electron chi connectivity index (χ0n) is 19.2. The number of amides is 2. The minimum atomic E-state index is -1.05. The summed E-state index contributed by atoms with van der Waals surface area (Å²) < 4.78 is 5.57. The molecule has 0 radical (unpaired) electrons. The predicted octanol–water partition coefficient (Wildman–Crippen LogP) is 4.02. The Morgan fingerprint density at radius 1 is 1.00 bits per heavy atom. The van der Waals surface area contributed by atoms with Crippen LogP contribution in [0.2, 0.25) is 0 Å². The summed E-state index contributed by atoms with van der Waals surface area (Å²) in [6.07, 6.45) is 4.02. The smallest absolute Gasteiger partial charge is 0.407 e. The number of carbonyl (C=O) groups is 3.